The molecule has 0 aliphatic heterocycles. The van der Waals surface area contributed by atoms with E-state index in [1.54, 1.807) is 0 Å². The van der Waals surface area contributed by atoms with Crippen LogP contribution in [0.2, 0.25) is 0 Å². The van der Waals surface area contributed by atoms with Crippen LogP contribution in [0.25, 0.3) is 0 Å². The monoisotopic (exact) mass is 239 g/mol. The van der Waals surface area contributed by atoms with Gasteiger partial charge >= 0.3 is 0 Å². The van der Waals surface area contributed by atoms with Crippen molar-refractivity contribution in [1.82, 2.24) is 5.32 Å². The molecule has 0 aromatic carbocycles. The lowest BCUT2D eigenvalue weighted by molar-refractivity contribution is 0.0132. The quantitative estimate of drug-likeness (QED) is 0.513. The normalized spacial score (nSPS) is 25.4. The van der Waals surface area contributed by atoms with Crippen LogP contribution in [-0.2, 0) is 0 Å². The molecule has 2 rings (SSSR count). The van der Waals surface area contributed by atoms with Crippen molar-refractivity contribution in [2.75, 3.05) is 13.1 Å². The van der Waals surface area contributed by atoms with Crippen LogP contribution in [0, 0.1) is 5.92 Å². The Hall–Kier alpha value is -0.770. The van der Waals surface area contributed by atoms with Gasteiger partial charge in [-0.1, -0.05) is 25.7 Å². The highest BCUT2D eigenvalue weighted by atomic mass is 16.3. The molecule has 4 nitrogen and oxygen atoms in total. The number of aliphatic hydroxyl groups is 1. The van der Waals surface area contributed by atoms with Crippen LogP contribution in [-0.4, -0.2) is 29.8 Å². The Balaban J connectivity index is 1.69. The Morgan fingerprint density at radius 3 is 2.53 bits per heavy atom. The van der Waals surface area contributed by atoms with Crippen molar-refractivity contribution in [2.24, 2.45) is 16.6 Å². The fourth-order valence-electron chi connectivity index (χ4n) is 2.60. The molecule has 17 heavy (non-hydrogen) atoms. The van der Waals surface area contributed by atoms with E-state index in [1.165, 1.54) is 25.7 Å². The van der Waals surface area contributed by atoms with E-state index in [0.717, 1.165) is 38.1 Å². The molecule has 0 heterocycles. The molecule has 4 heteroatoms. The van der Waals surface area contributed by atoms with E-state index in [4.69, 9.17) is 5.73 Å². The highest BCUT2D eigenvalue weighted by Crippen LogP contribution is 2.28. The standard InChI is InChI=1S/C13H25N3O/c14-12(15-9-11-5-4-6-11)16-10-13(17)7-2-1-3-8-13/h11,17H,1-10H2,(H3,14,15,16). The predicted octanol–water partition coefficient (Wildman–Crippen LogP) is 1.39. The lowest BCUT2D eigenvalue weighted by Crippen LogP contribution is -2.40. The Morgan fingerprint density at radius 1 is 1.24 bits per heavy atom. The lowest BCUT2D eigenvalue weighted by Gasteiger charge is -2.30. The molecule has 2 fully saturated rings. The van der Waals surface area contributed by atoms with Gasteiger partial charge in [0.2, 0.25) is 0 Å². The summed E-state index contributed by atoms with van der Waals surface area (Å²) in [7, 11) is 0. The number of nitrogens with zero attached hydrogens (tertiary/aromatic N) is 1. The van der Waals surface area contributed by atoms with Gasteiger partial charge in [0.1, 0.15) is 0 Å². The van der Waals surface area contributed by atoms with Gasteiger partial charge in [-0.2, -0.15) is 0 Å². The van der Waals surface area contributed by atoms with Crippen LogP contribution in [0.15, 0.2) is 4.99 Å². The second-order valence-corrected chi connectivity index (χ2v) is 5.66. The summed E-state index contributed by atoms with van der Waals surface area (Å²) in [6.45, 7) is 1.39. The van der Waals surface area contributed by atoms with E-state index in [9.17, 15) is 5.11 Å². The molecular formula is C13H25N3O. The number of guanidine groups is 1. The smallest absolute Gasteiger partial charge is 0.188 e. The third-order valence-electron chi connectivity index (χ3n) is 4.12. The number of hydrogen-bond donors (Lipinski definition) is 3. The van der Waals surface area contributed by atoms with E-state index in [2.05, 4.69) is 10.3 Å². The van der Waals surface area contributed by atoms with Gasteiger partial charge in [-0.25, -0.2) is 0 Å². The van der Waals surface area contributed by atoms with Gasteiger partial charge in [-0.05, 0) is 31.6 Å². The Morgan fingerprint density at radius 2 is 1.94 bits per heavy atom. The summed E-state index contributed by atoms with van der Waals surface area (Å²) in [4.78, 5) is 4.28. The minimum atomic E-state index is -0.596. The molecule has 0 radical (unpaired) electrons. The molecule has 0 spiro atoms. The molecular weight excluding hydrogens is 214 g/mol. The predicted molar refractivity (Wildman–Crippen MR) is 69.9 cm³/mol. The zero-order chi connectivity index (χ0) is 12.1. The molecule has 2 aliphatic rings. The molecule has 2 aliphatic carbocycles. The topological polar surface area (TPSA) is 70.6 Å². The zero-order valence-electron chi connectivity index (χ0n) is 10.6. The van der Waals surface area contributed by atoms with Crippen LogP contribution in [0.4, 0.5) is 0 Å². The van der Waals surface area contributed by atoms with Crippen molar-refractivity contribution >= 4 is 5.96 Å². The van der Waals surface area contributed by atoms with Gasteiger partial charge in [0.15, 0.2) is 5.96 Å². The van der Waals surface area contributed by atoms with Crippen molar-refractivity contribution in [2.45, 2.75) is 57.0 Å². The highest BCUT2D eigenvalue weighted by molar-refractivity contribution is 5.77. The first-order valence-corrected chi connectivity index (χ1v) is 6.94. The van der Waals surface area contributed by atoms with Crippen molar-refractivity contribution in [3.05, 3.63) is 0 Å². The number of nitrogens with two attached hydrogens (primary N) is 1. The number of aliphatic imine (C=N–C) groups is 1. The summed E-state index contributed by atoms with van der Waals surface area (Å²) < 4.78 is 0. The van der Waals surface area contributed by atoms with Crippen LogP contribution in [0.5, 0.6) is 0 Å². The maximum atomic E-state index is 10.3. The van der Waals surface area contributed by atoms with Gasteiger partial charge in [-0.15, -0.1) is 0 Å². The molecule has 98 valence electrons. The molecule has 4 N–H and O–H groups in total. The van der Waals surface area contributed by atoms with Crippen molar-refractivity contribution in [3.63, 3.8) is 0 Å². The Labute approximate surface area is 104 Å². The van der Waals surface area contributed by atoms with E-state index >= 15 is 0 Å². The van der Waals surface area contributed by atoms with Crippen LogP contribution < -0.4 is 11.1 Å². The van der Waals surface area contributed by atoms with E-state index in [0.29, 0.717) is 12.5 Å². The maximum Gasteiger partial charge on any atom is 0.188 e. The first-order valence-electron chi connectivity index (χ1n) is 6.94. The summed E-state index contributed by atoms with van der Waals surface area (Å²) in [6.07, 6.45) is 9.17. The summed E-state index contributed by atoms with van der Waals surface area (Å²) in [5.74, 6) is 1.28. The largest absolute Gasteiger partial charge is 0.388 e. The molecule has 0 bridgehead atoms. The van der Waals surface area contributed by atoms with Crippen molar-refractivity contribution < 1.29 is 5.11 Å². The van der Waals surface area contributed by atoms with Crippen LogP contribution in [0.3, 0.4) is 0 Å². The van der Waals surface area contributed by atoms with Crippen LogP contribution in [0.1, 0.15) is 51.4 Å². The van der Waals surface area contributed by atoms with Gasteiger partial charge in [0, 0.05) is 6.54 Å². The fourth-order valence-corrected chi connectivity index (χ4v) is 2.60. The summed E-state index contributed by atoms with van der Waals surface area (Å²) >= 11 is 0. The average molecular weight is 239 g/mol. The average Bonchev–Trinajstić information content (AvgIpc) is 2.26. The molecule has 0 aromatic heterocycles. The minimum absolute atomic E-state index is 0.455. The second kappa shape index (κ2) is 5.71. The summed E-state index contributed by atoms with van der Waals surface area (Å²) in [5, 5.41) is 13.4. The number of nitrogens with one attached hydrogen (secondary N) is 1. The fraction of sp³-hybridized carbons (Fsp3) is 0.923. The van der Waals surface area contributed by atoms with Gasteiger partial charge < -0.3 is 16.2 Å². The number of rotatable bonds is 4. The Bertz CT molecular complexity index is 268. The third-order valence-corrected chi connectivity index (χ3v) is 4.12. The van der Waals surface area contributed by atoms with Gasteiger partial charge in [0.05, 0.1) is 12.1 Å². The van der Waals surface area contributed by atoms with Gasteiger partial charge in [-0.3, -0.25) is 4.99 Å². The van der Waals surface area contributed by atoms with Crippen molar-refractivity contribution in [3.8, 4) is 0 Å². The molecule has 0 unspecified atom stereocenters. The van der Waals surface area contributed by atoms with E-state index < -0.39 is 5.60 Å². The van der Waals surface area contributed by atoms with E-state index in [1.807, 2.05) is 0 Å². The first kappa shape index (κ1) is 12.7. The number of hydrogen-bond acceptors (Lipinski definition) is 2. The first-order chi connectivity index (χ1) is 8.18. The summed E-state index contributed by atoms with van der Waals surface area (Å²) in [6, 6.07) is 0. The molecule has 0 saturated heterocycles. The zero-order valence-corrected chi connectivity index (χ0v) is 10.6. The van der Waals surface area contributed by atoms with Crippen molar-refractivity contribution in [1.29, 1.82) is 0 Å². The highest BCUT2D eigenvalue weighted by Gasteiger charge is 2.28. The molecule has 2 saturated carbocycles. The molecule has 0 aromatic rings. The lowest BCUT2D eigenvalue weighted by atomic mass is 9.85. The minimum Gasteiger partial charge on any atom is -0.388 e. The van der Waals surface area contributed by atoms with Crippen LogP contribution >= 0.6 is 0 Å². The molecule has 0 amide bonds. The third kappa shape index (κ3) is 3.87. The van der Waals surface area contributed by atoms with E-state index in [-0.39, 0.29) is 0 Å². The summed E-state index contributed by atoms with van der Waals surface area (Å²) in [5.41, 5.74) is 5.21. The Kier molecular flexibility index (Phi) is 4.26. The maximum absolute atomic E-state index is 10.3. The second-order valence-electron chi connectivity index (χ2n) is 5.66. The molecule has 0 atom stereocenters. The van der Waals surface area contributed by atoms with Gasteiger partial charge in [0.25, 0.3) is 0 Å². The SMILES string of the molecule is NC(=NCC1(O)CCCCC1)NCC1CCC1.